The monoisotopic (exact) mass is 723 g/mol. The van der Waals surface area contributed by atoms with Crippen LogP contribution in [0.3, 0.4) is 0 Å². The van der Waals surface area contributed by atoms with Crippen molar-refractivity contribution in [3.63, 3.8) is 0 Å². The van der Waals surface area contributed by atoms with Crippen LogP contribution in [0.1, 0.15) is 50.0 Å². The van der Waals surface area contributed by atoms with Crippen molar-refractivity contribution in [2.75, 3.05) is 31.7 Å². The van der Waals surface area contributed by atoms with Gasteiger partial charge in [0.2, 0.25) is 5.95 Å². The quantitative estimate of drug-likeness (QED) is 0.254. The summed E-state index contributed by atoms with van der Waals surface area (Å²) in [6.07, 6.45) is -4.50. The number of carbonyl (C=O) groups excluding carboxylic acids is 2. The van der Waals surface area contributed by atoms with Gasteiger partial charge >= 0.3 is 6.18 Å². The molecule has 0 aliphatic carbocycles. The number of benzene rings is 3. The molecule has 0 spiro atoms. The lowest BCUT2D eigenvalue weighted by molar-refractivity contribution is -0.138. The highest BCUT2D eigenvalue weighted by molar-refractivity contribution is 9.10. The number of ether oxygens (including phenoxy) is 1. The van der Waals surface area contributed by atoms with Gasteiger partial charge in [-0.3, -0.25) is 14.4 Å². The maximum atomic E-state index is 14.5. The van der Waals surface area contributed by atoms with Gasteiger partial charge in [0.25, 0.3) is 17.4 Å². The number of hydrogen-bond acceptors (Lipinski definition) is 6. The van der Waals surface area contributed by atoms with Crippen LogP contribution in [-0.2, 0) is 30.4 Å². The number of nitrogens with one attached hydrogen (secondary N) is 1. The molecule has 1 fully saturated rings. The number of anilines is 1. The molecule has 48 heavy (non-hydrogen) atoms. The first-order valence-electron chi connectivity index (χ1n) is 15.5. The van der Waals surface area contributed by atoms with Gasteiger partial charge in [-0.2, -0.15) is 13.2 Å². The highest BCUT2D eigenvalue weighted by Gasteiger charge is 2.36. The van der Waals surface area contributed by atoms with E-state index in [0.717, 1.165) is 11.6 Å². The van der Waals surface area contributed by atoms with E-state index in [1.807, 2.05) is 35.2 Å². The third-order valence-electron chi connectivity index (χ3n) is 8.68. The first-order valence-corrected chi connectivity index (χ1v) is 16.3. The molecule has 0 bridgehead atoms. The standard InChI is InChI=1S/C35H33BrF3N5O4/c1-21-14-27-30(18-43(21)32(46)25-10-13-29(36)28(15-25)35(37,38)39)41-34(42(17-23-19-48-20-23)16-22-6-4-3-5-7-22)44(33(27)47)26-11-8-24(9-12-26)31(45)40-2/h3-13,15,21,23H,14,16-20H2,1-2H3,(H,40,45). The molecule has 250 valence electrons. The molecule has 3 aromatic carbocycles. The summed E-state index contributed by atoms with van der Waals surface area (Å²) in [5.41, 5.74) is 1.38. The fourth-order valence-electron chi connectivity index (χ4n) is 6.03. The number of nitrogens with zero attached hydrogens (tertiary/aromatic N) is 4. The largest absolute Gasteiger partial charge is 0.417 e. The molecule has 1 unspecified atom stereocenters. The van der Waals surface area contributed by atoms with Gasteiger partial charge < -0.3 is 19.9 Å². The topological polar surface area (TPSA) is 96.8 Å². The Labute approximate surface area is 283 Å². The van der Waals surface area contributed by atoms with E-state index in [-0.39, 0.29) is 40.4 Å². The van der Waals surface area contributed by atoms with Gasteiger partial charge in [0, 0.05) is 53.3 Å². The van der Waals surface area contributed by atoms with E-state index in [9.17, 15) is 27.6 Å². The molecular formula is C35H33BrF3N5O4. The minimum absolute atomic E-state index is 0.0584. The third kappa shape index (κ3) is 6.74. The lowest BCUT2D eigenvalue weighted by Crippen LogP contribution is -2.47. The average Bonchev–Trinajstić information content (AvgIpc) is 3.05. The SMILES string of the molecule is CNC(=O)c1ccc(-n2c(N(Cc3ccccc3)CC3COC3)nc3c(c2=O)CC(C)N(C(=O)c2ccc(Br)c(C(F)(F)F)c2)C3)cc1. The Hall–Kier alpha value is -4.49. The second-order valence-corrected chi connectivity index (χ2v) is 12.9. The first kappa shape index (κ1) is 33.4. The summed E-state index contributed by atoms with van der Waals surface area (Å²) in [6.45, 7) is 3.80. The molecular weight excluding hydrogens is 691 g/mol. The van der Waals surface area contributed by atoms with Gasteiger partial charge in [0.05, 0.1) is 36.7 Å². The zero-order chi connectivity index (χ0) is 34.2. The van der Waals surface area contributed by atoms with Crippen LogP contribution in [-0.4, -0.2) is 59.1 Å². The lowest BCUT2D eigenvalue weighted by atomic mass is 9.98. The van der Waals surface area contributed by atoms with Crippen LogP contribution in [0.25, 0.3) is 5.69 Å². The first-order chi connectivity index (χ1) is 22.9. The van der Waals surface area contributed by atoms with E-state index in [1.54, 1.807) is 42.8 Å². The number of alkyl halides is 3. The Morgan fingerprint density at radius 1 is 1.04 bits per heavy atom. The highest BCUT2D eigenvalue weighted by Crippen LogP contribution is 2.36. The minimum atomic E-state index is -4.65. The number of amides is 2. The van der Waals surface area contributed by atoms with Crippen molar-refractivity contribution >= 4 is 33.7 Å². The molecule has 0 saturated carbocycles. The van der Waals surface area contributed by atoms with Crippen molar-refractivity contribution in [1.29, 1.82) is 0 Å². The number of hydrogen-bond donors (Lipinski definition) is 1. The minimum Gasteiger partial charge on any atom is -0.381 e. The molecule has 1 N–H and O–H groups in total. The van der Waals surface area contributed by atoms with Gasteiger partial charge in [-0.1, -0.05) is 46.3 Å². The second kappa shape index (κ2) is 13.6. The Kier molecular flexibility index (Phi) is 9.44. The average molecular weight is 725 g/mol. The van der Waals surface area contributed by atoms with Gasteiger partial charge in [-0.25, -0.2) is 9.55 Å². The Morgan fingerprint density at radius 3 is 2.35 bits per heavy atom. The predicted molar refractivity (Wildman–Crippen MR) is 177 cm³/mol. The molecule has 9 nitrogen and oxygen atoms in total. The number of aromatic nitrogens is 2. The summed E-state index contributed by atoms with van der Waals surface area (Å²) in [7, 11) is 1.54. The van der Waals surface area contributed by atoms with Gasteiger partial charge in [-0.15, -0.1) is 0 Å². The molecule has 2 amide bonds. The molecule has 1 atom stereocenters. The van der Waals surface area contributed by atoms with E-state index in [1.165, 1.54) is 17.0 Å². The van der Waals surface area contributed by atoms with E-state index >= 15 is 0 Å². The Morgan fingerprint density at radius 2 is 1.73 bits per heavy atom. The molecule has 2 aliphatic heterocycles. The fourth-order valence-corrected chi connectivity index (χ4v) is 6.50. The summed E-state index contributed by atoms with van der Waals surface area (Å²) in [4.78, 5) is 49.0. The summed E-state index contributed by atoms with van der Waals surface area (Å²) in [5, 5.41) is 2.60. The molecule has 6 rings (SSSR count). The second-order valence-electron chi connectivity index (χ2n) is 12.1. The van der Waals surface area contributed by atoms with Gasteiger partial charge in [0.15, 0.2) is 0 Å². The zero-order valence-electron chi connectivity index (χ0n) is 26.3. The Balaban J connectivity index is 1.45. The van der Waals surface area contributed by atoms with Crippen molar-refractivity contribution in [2.24, 2.45) is 5.92 Å². The van der Waals surface area contributed by atoms with Crippen molar-refractivity contribution in [1.82, 2.24) is 19.8 Å². The van der Waals surface area contributed by atoms with Crippen LogP contribution in [0.4, 0.5) is 19.1 Å². The maximum absolute atomic E-state index is 14.5. The molecule has 1 aromatic heterocycles. The predicted octanol–water partition coefficient (Wildman–Crippen LogP) is 5.61. The number of fused-ring (bicyclic) bond motifs is 1. The molecule has 4 aromatic rings. The van der Waals surface area contributed by atoms with Crippen molar-refractivity contribution in [3.05, 3.63) is 121 Å². The number of carbonyl (C=O) groups is 2. The van der Waals surface area contributed by atoms with Crippen LogP contribution >= 0.6 is 15.9 Å². The summed E-state index contributed by atoms with van der Waals surface area (Å²) < 4.78 is 47.9. The van der Waals surface area contributed by atoms with Gasteiger partial charge in [-0.05, 0) is 61.4 Å². The van der Waals surface area contributed by atoms with Crippen LogP contribution in [0.15, 0.2) is 82.1 Å². The van der Waals surface area contributed by atoms with E-state index in [0.29, 0.717) is 54.8 Å². The van der Waals surface area contributed by atoms with Crippen molar-refractivity contribution < 1.29 is 27.5 Å². The van der Waals surface area contributed by atoms with Crippen LogP contribution < -0.4 is 15.8 Å². The molecule has 3 heterocycles. The third-order valence-corrected chi connectivity index (χ3v) is 9.37. The lowest BCUT2D eigenvalue weighted by Gasteiger charge is -2.37. The Bertz CT molecular complexity index is 1900. The highest BCUT2D eigenvalue weighted by atomic mass is 79.9. The van der Waals surface area contributed by atoms with Crippen LogP contribution in [0, 0.1) is 5.92 Å². The van der Waals surface area contributed by atoms with E-state index in [4.69, 9.17) is 9.72 Å². The normalized spacial score (nSPS) is 16.2. The van der Waals surface area contributed by atoms with Gasteiger partial charge in [0.1, 0.15) is 0 Å². The number of halogens is 4. The van der Waals surface area contributed by atoms with E-state index < -0.39 is 23.7 Å². The fraction of sp³-hybridized carbons (Fsp3) is 0.314. The smallest absolute Gasteiger partial charge is 0.381 e. The van der Waals surface area contributed by atoms with Crippen molar-refractivity contribution in [2.45, 2.75) is 38.7 Å². The number of rotatable bonds is 8. The maximum Gasteiger partial charge on any atom is 0.417 e. The molecule has 13 heteroatoms. The van der Waals surface area contributed by atoms with E-state index in [2.05, 4.69) is 21.2 Å². The molecule has 2 aliphatic rings. The molecule has 1 saturated heterocycles. The van der Waals surface area contributed by atoms with Crippen LogP contribution in [0.2, 0.25) is 0 Å². The molecule has 0 radical (unpaired) electrons. The van der Waals surface area contributed by atoms with Crippen molar-refractivity contribution in [3.8, 4) is 5.69 Å². The summed E-state index contributed by atoms with van der Waals surface area (Å²) >= 11 is 2.94. The summed E-state index contributed by atoms with van der Waals surface area (Å²) in [5.74, 6) is -0.299. The zero-order valence-corrected chi connectivity index (χ0v) is 27.8. The van der Waals surface area contributed by atoms with Crippen LogP contribution in [0.5, 0.6) is 0 Å². The summed E-state index contributed by atoms with van der Waals surface area (Å²) in [6, 6.07) is 19.3.